The number of nitrogens with one attached hydrogen (secondary N) is 1. The van der Waals surface area contributed by atoms with E-state index in [1.54, 1.807) is 0 Å². The van der Waals surface area contributed by atoms with E-state index in [4.69, 9.17) is 0 Å². The number of nitrogens with zero attached hydrogens (tertiary/aromatic N) is 1. The largest absolute Gasteiger partial charge is 0.314 e. The predicted octanol–water partition coefficient (Wildman–Crippen LogP) is 2.80. The predicted molar refractivity (Wildman–Crippen MR) is 79.9 cm³/mol. The van der Waals surface area contributed by atoms with Gasteiger partial charge in [-0.3, -0.25) is 0 Å². The summed E-state index contributed by atoms with van der Waals surface area (Å²) in [5.74, 6) is 0.702. The van der Waals surface area contributed by atoms with Gasteiger partial charge in [0.05, 0.1) is 0 Å². The van der Waals surface area contributed by atoms with Crippen LogP contribution >= 0.6 is 0 Å². The molecule has 0 radical (unpaired) electrons. The van der Waals surface area contributed by atoms with Crippen molar-refractivity contribution in [3.8, 4) is 0 Å². The molecular formula is C16H28N2. The maximum absolute atomic E-state index is 3.50. The number of benzene rings is 1. The number of rotatable bonds is 8. The molecule has 0 saturated heterocycles. The summed E-state index contributed by atoms with van der Waals surface area (Å²) in [6.07, 6.45) is 1.14. The van der Waals surface area contributed by atoms with Crippen LogP contribution in [0.3, 0.4) is 0 Å². The van der Waals surface area contributed by atoms with Crippen LogP contribution in [0.1, 0.15) is 26.3 Å². The second kappa shape index (κ2) is 8.28. The highest BCUT2D eigenvalue weighted by molar-refractivity contribution is 5.14. The van der Waals surface area contributed by atoms with Crippen LogP contribution in [-0.4, -0.2) is 37.6 Å². The Morgan fingerprint density at radius 1 is 1.11 bits per heavy atom. The summed E-state index contributed by atoms with van der Waals surface area (Å²) < 4.78 is 0. The lowest BCUT2D eigenvalue weighted by Crippen LogP contribution is -2.34. The summed E-state index contributed by atoms with van der Waals surface area (Å²) in [5.41, 5.74) is 1.43. The van der Waals surface area contributed by atoms with E-state index in [1.165, 1.54) is 5.56 Å². The summed E-state index contributed by atoms with van der Waals surface area (Å²) in [7, 11) is 2.22. The van der Waals surface area contributed by atoms with Gasteiger partial charge in [-0.25, -0.2) is 0 Å². The maximum Gasteiger partial charge on any atom is 0.00189 e. The molecule has 0 amide bonds. The highest BCUT2D eigenvalue weighted by Crippen LogP contribution is 2.02. The van der Waals surface area contributed by atoms with Crippen molar-refractivity contribution in [3.63, 3.8) is 0 Å². The van der Waals surface area contributed by atoms with E-state index in [9.17, 15) is 0 Å². The minimum absolute atomic E-state index is 0.585. The molecule has 0 aliphatic rings. The van der Waals surface area contributed by atoms with Crippen LogP contribution in [0.25, 0.3) is 0 Å². The van der Waals surface area contributed by atoms with Crippen molar-refractivity contribution < 1.29 is 0 Å². The zero-order valence-corrected chi connectivity index (χ0v) is 12.3. The summed E-state index contributed by atoms with van der Waals surface area (Å²) in [5, 5.41) is 3.50. The minimum atomic E-state index is 0.585. The Labute approximate surface area is 112 Å². The molecule has 2 heteroatoms. The third-order valence-electron chi connectivity index (χ3n) is 3.12. The molecule has 2 nitrogen and oxygen atoms in total. The van der Waals surface area contributed by atoms with Gasteiger partial charge in [-0.05, 0) is 31.5 Å². The second-order valence-electron chi connectivity index (χ2n) is 5.67. The average Bonchev–Trinajstić information content (AvgIpc) is 2.35. The Balaban J connectivity index is 2.19. The highest BCUT2D eigenvalue weighted by atomic mass is 15.1. The molecule has 0 aliphatic heterocycles. The lowest BCUT2D eigenvalue weighted by molar-refractivity contribution is 0.281. The van der Waals surface area contributed by atoms with Crippen LogP contribution in [-0.2, 0) is 6.42 Å². The van der Waals surface area contributed by atoms with Crippen LogP contribution in [0.5, 0.6) is 0 Å². The maximum atomic E-state index is 3.50. The summed E-state index contributed by atoms with van der Waals surface area (Å²) >= 11 is 0. The first-order valence-electron chi connectivity index (χ1n) is 7.03. The smallest absolute Gasteiger partial charge is 0.00189 e. The molecule has 0 bridgehead atoms. The van der Waals surface area contributed by atoms with E-state index in [1.807, 2.05) is 0 Å². The van der Waals surface area contributed by atoms with Crippen molar-refractivity contribution in [3.05, 3.63) is 35.9 Å². The fraction of sp³-hybridized carbons (Fsp3) is 0.625. The second-order valence-corrected chi connectivity index (χ2v) is 5.67. The van der Waals surface area contributed by atoms with Gasteiger partial charge in [0.2, 0.25) is 0 Å². The van der Waals surface area contributed by atoms with E-state index in [0.717, 1.165) is 26.1 Å². The van der Waals surface area contributed by atoms with Gasteiger partial charge in [0.15, 0.2) is 0 Å². The van der Waals surface area contributed by atoms with Crippen LogP contribution in [0.15, 0.2) is 30.3 Å². The Morgan fingerprint density at radius 3 is 2.39 bits per heavy atom. The third kappa shape index (κ3) is 6.77. The van der Waals surface area contributed by atoms with Crippen molar-refractivity contribution in [2.75, 3.05) is 26.7 Å². The normalized spacial score (nSPS) is 13.2. The third-order valence-corrected chi connectivity index (χ3v) is 3.12. The first-order valence-corrected chi connectivity index (χ1v) is 7.03. The van der Waals surface area contributed by atoms with Gasteiger partial charge in [0, 0.05) is 19.1 Å². The number of likely N-dealkylation sites (N-methyl/N-ethyl adjacent to an activating group) is 1. The van der Waals surface area contributed by atoms with Crippen LogP contribution < -0.4 is 5.32 Å². The van der Waals surface area contributed by atoms with Gasteiger partial charge < -0.3 is 10.2 Å². The minimum Gasteiger partial charge on any atom is -0.314 e. The first-order chi connectivity index (χ1) is 8.58. The van der Waals surface area contributed by atoms with Gasteiger partial charge in [0.25, 0.3) is 0 Å². The molecular weight excluding hydrogens is 220 g/mol. The molecule has 1 unspecified atom stereocenters. The molecule has 0 aromatic heterocycles. The quantitative estimate of drug-likeness (QED) is 0.761. The van der Waals surface area contributed by atoms with Gasteiger partial charge in [-0.2, -0.15) is 0 Å². The van der Waals surface area contributed by atoms with Crippen molar-refractivity contribution >= 4 is 0 Å². The van der Waals surface area contributed by atoms with Crippen molar-refractivity contribution in [1.82, 2.24) is 10.2 Å². The molecule has 1 aromatic carbocycles. The molecule has 0 spiro atoms. The molecule has 102 valence electrons. The lowest BCUT2D eigenvalue weighted by atomic mass is 10.1. The van der Waals surface area contributed by atoms with Gasteiger partial charge in [0.1, 0.15) is 0 Å². The van der Waals surface area contributed by atoms with Crippen molar-refractivity contribution in [2.45, 2.75) is 33.2 Å². The Kier molecular flexibility index (Phi) is 6.99. The Bertz CT molecular complexity index is 308. The average molecular weight is 248 g/mol. The van der Waals surface area contributed by atoms with Crippen molar-refractivity contribution in [2.24, 2.45) is 5.92 Å². The SMILES string of the molecule is CC(CNC(C)C)CN(C)CCc1ccccc1. The standard InChI is InChI=1S/C16H28N2/c1-14(2)17-12-15(3)13-18(4)11-10-16-8-6-5-7-9-16/h5-9,14-15,17H,10-13H2,1-4H3. The summed E-state index contributed by atoms with van der Waals surface area (Å²) in [6.45, 7) is 10.1. The molecule has 0 fully saturated rings. The fourth-order valence-corrected chi connectivity index (χ4v) is 2.09. The van der Waals surface area contributed by atoms with E-state index in [0.29, 0.717) is 12.0 Å². The number of hydrogen-bond acceptors (Lipinski definition) is 2. The van der Waals surface area contributed by atoms with E-state index in [2.05, 4.69) is 68.4 Å². The van der Waals surface area contributed by atoms with Crippen LogP contribution in [0.2, 0.25) is 0 Å². The molecule has 1 atom stereocenters. The number of hydrogen-bond donors (Lipinski definition) is 1. The lowest BCUT2D eigenvalue weighted by Gasteiger charge is -2.22. The first kappa shape index (κ1) is 15.2. The van der Waals surface area contributed by atoms with E-state index in [-0.39, 0.29) is 0 Å². The van der Waals surface area contributed by atoms with Gasteiger partial charge in [-0.1, -0.05) is 51.1 Å². The van der Waals surface area contributed by atoms with Gasteiger partial charge >= 0.3 is 0 Å². The molecule has 0 saturated carbocycles. The Morgan fingerprint density at radius 2 is 1.78 bits per heavy atom. The van der Waals surface area contributed by atoms with Crippen molar-refractivity contribution in [1.29, 1.82) is 0 Å². The molecule has 0 aliphatic carbocycles. The van der Waals surface area contributed by atoms with E-state index < -0.39 is 0 Å². The topological polar surface area (TPSA) is 15.3 Å². The molecule has 1 N–H and O–H groups in total. The van der Waals surface area contributed by atoms with Crippen LogP contribution in [0.4, 0.5) is 0 Å². The molecule has 1 rings (SSSR count). The fourth-order valence-electron chi connectivity index (χ4n) is 2.09. The zero-order valence-electron chi connectivity index (χ0n) is 12.3. The summed E-state index contributed by atoms with van der Waals surface area (Å²) in [6, 6.07) is 11.3. The molecule has 0 heterocycles. The summed E-state index contributed by atoms with van der Waals surface area (Å²) in [4.78, 5) is 2.43. The van der Waals surface area contributed by atoms with Gasteiger partial charge in [-0.15, -0.1) is 0 Å². The zero-order chi connectivity index (χ0) is 13.4. The van der Waals surface area contributed by atoms with E-state index >= 15 is 0 Å². The monoisotopic (exact) mass is 248 g/mol. The molecule has 18 heavy (non-hydrogen) atoms. The highest BCUT2D eigenvalue weighted by Gasteiger charge is 2.07. The van der Waals surface area contributed by atoms with Crippen LogP contribution in [0, 0.1) is 5.92 Å². The Hall–Kier alpha value is -0.860. The molecule has 1 aromatic rings.